The van der Waals surface area contributed by atoms with Crippen molar-refractivity contribution in [3.63, 3.8) is 0 Å². The molecular weight excluding hydrogens is 267 g/mol. The van der Waals surface area contributed by atoms with E-state index in [0.29, 0.717) is 0 Å². The first-order chi connectivity index (χ1) is 8.13. The summed E-state index contributed by atoms with van der Waals surface area (Å²) >= 11 is 0. The number of carbonyl (C=O) groups excluding carboxylic acids is 1. The Kier molecular flexibility index (Phi) is 14.1. The molecule has 0 amide bonds. The van der Waals surface area contributed by atoms with Crippen molar-refractivity contribution in [1.82, 2.24) is 0 Å². The van der Waals surface area contributed by atoms with Crippen LogP contribution in [0.15, 0.2) is 60.7 Å². The molecule has 0 bridgehead atoms. The Hall–Kier alpha value is -1.58. The Morgan fingerprint density at radius 1 is 1.00 bits per heavy atom. The van der Waals surface area contributed by atoms with Gasteiger partial charge in [-0.2, -0.15) is 18.2 Å². The minimum absolute atomic E-state index is 0. The summed E-state index contributed by atoms with van der Waals surface area (Å²) in [7, 11) is 0. The Balaban J connectivity index is 0. The van der Waals surface area contributed by atoms with E-state index in [4.69, 9.17) is 5.11 Å². The zero-order chi connectivity index (χ0) is 12.9. The van der Waals surface area contributed by atoms with Crippen molar-refractivity contribution in [3.05, 3.63) is 60.7 Å². The summed E-state index contributed by atoms with van der Waals surface area (Å²) in [5, 5.41) is 7.86. The van der Waals surface area contributed by atoms with Crippen LogP contribution < -0.4 is 0 Å². The molecule has 0 fully saturated rings. The molecule has 0 atom stereocenters. The van der Waals surface area contributed by atoms with Crippen LogP contribution in [0.25, 0.3) is 0 Å². The van der Waals surface area contributed by atoms with Crippen molar-refractivity contribution >= 4 is 11.8 Å². The first-order valence-corrected chi connectivity index (χ1v) is 5.17. The van der Waals surface area contributed by atoms with Crippen LogP contribution in [0.3, 0.4) is 0 Å². The quantitative estimate of drug-likeness (QED) is 0.681. The number of hydrogen-bond donors (Lipinski definition) is 1. The Bertz CT molecular complexity index is 304. The molecule has 2 aromatic rings. The van der Waals surface area contributed by atoms with Gasteiger partial charge in [0.25, 0.3) is 0 Å². The first kappa shape index (κ1) is 18.8. The van der Waals surface area contributed by atoms with Crippen LogP contribution in [-0.4, -0.2) is 16.9 Å². The van der Waals surface area contributed by atoms with Crippen LogP contribution >= 0.6 is 0 Å². The van der Waals surface area contributed by atoms with Gasteiger partial charge in [0.15, 0.2) is 0 Å². The second kappa shape index (κ2) is 13.5. The minimum atomic E-state index is -1.06. The van der Waals surface area contributed by atoms with Crippen LogP contribution in [-0.2, 0) is 28.1 Å². The third-order valence-corrected chi connectivity index (χ3v) is 1.51. The molecule has 4 heteroatoms. The summed E-state index contributed by atoms with van der Waals surface area (Å²) in [6, 6.07) is 20.0. The zero-order valence-electron chi connectivity index (χ0n) is 10.2. The molecule has 0 heterocycles. The number of carboxylic acid groups (broad SMARTS) is 1. The second-order valence-corrected chi connectivity index (χ2v) is 3.20. The molecule has 0 aliphatic rings. The zero-order valence-corrected chi connectivity index (χ0v) is 11.6. The van der Waals surface area contributed by atoms with Crippen LogP contribution in [0, 0.1) is 0 Å². The molecule has 1 radical (unpaired) electrons. The maximum atomic E-state index is 9.87. The Morgan fingerprint density at radius 2 is 1.39 bits per heavy atom. The van der Waals surface area contributed by atoms with E-state index in [-0.39, 0.29) is 30.8 Å². The van der Waals surface area contributed by atoms with Crippen LogP contribution in [0.4, 0.5) is 0 Å². The molecule has 0 spiro atoms. The number of hydrogen-bond acceptors (Lipinski definition) is 2. The van der Waals surface area contributed by atoms with E-state index in [1.54, 1.807) is 0 Å². The van der Waals surface area contributed by atoms with E-state index in [9.17, 15) is 9.59 Å². The number of aliphatic carboxylic acids is 1. The van der Waals surface area contributed by atoms with Gasteiger partial charge in [-0.3, -0.25) is 9.59 Å². The molecule has 18 heavy (non-hydrogen) atoms. The molecule has 0 unspecified atom stereocenters. The fourth-order valence-electron chi connectivity index (χ4n) is 0.854. The molecule has 2 aromatic carbocycles. The smallest absolute Gasteiger partial charge is 0.310 e. The van der Waals surface area contributed by atoms with E-state index < -0.39 is 5.97 Å². The van der Waals surface area contributed by atoms with E-state index in [1.165, 1.54) is 6.92 Å². The number of carbonyl (C=O) groups is 2. The van der Waals surface area contributed by atoms with Crippen molar-refractivity contribution < 1.29 is 33.3 Å². The summed E-state index contributed by atoms with van der Waals surface area (Å²) in [5.74, 6) is -1.37. The second-order valence-electron chi connectivity index (χ2n) is 3.20. The molecule has 0 saturated heterocycles. The Morgan fingerprint density at radius 3 is 1.50 bits per heavy atom. The number of carboxylic acids is 1. The van der Waals surface area contributed by atoms with E-state index in [0.717, 1.165) is 0 Å². The fraction of sp³-hybridized carbons (Fsp3) is 0.143. The van der Waals surface area contributed by atoms with Crippen LogP contribution in [0.1, 0.15) is 13.3 Å². The van der Waals surface area contributed by atoms with Crippen molar-refractivity contribution in [2.45, 2.75) is 13.3 Å². The molecule has 0 aliphatic carbocycles. The summed E-state index contributed by atoms with van der Waals surface area (Å²) in [5.41, 5.74) is 0. The van der Waals surface area contributed by atoms with Crippen molar-refractivity contribution in [3.8, 4) is 0 Å². The third kappa shape index (κ3) is 16.8. The van der Waals surface area contributed by atoms with Crippen LogP contribution in [0.5, 0.6) is 0 Å². The summed E-state index contributed by atoms with van der Waals surface area (Å²) in [4.78, 5) is 19.5. The van der Waals surface area contributed by atoms with Gasteiger partial charge < -0.3 is 35.4 Å². The molecule has 101 valence electrons. The molecular formula is C14H16O3V-6. The topological polar surface area (TPSA) is 54.4 Å². The van der Waals surface area contributed by atoms with Gasteiger partial charge in [-0.05, 0) is 6.92 Å². The molecule has 1 N–H and O–H groups in total. The average molecular weight is 283 g/mol. The monoisotopic (exact) mass is 283 g/mol. The molecule has 0 aliphatic heterocycles. The van der Waals surface area contributed by atoms with Crippen molar-refractivity contribution in [1.29, 1.82) is 0 Å². The van der Waals surface area contributed by atoms with Crippen LogP contribution in [0.2, 0.25) is 0 Å². The summed E-state index contributed by atoms with van der Waals surface area (Å²) < 4.78 is 0. The maximum Gasteiger partial charge on any atom is 0.310 e. The van der Waals surface area contributed by atoms with Gasteiger partial charge in [-0.25, -0.2) is 12.1 Å². The van der Waals surface area contributed by atoms with Gasteiger partial charge in [-0.15, -0.1) is 0 Å². The largest absolute Gasteiger partial charge is 0.748 e. The molecule has 0 saturated carbocycles. The van der Waals surface area contributed by atoms with E-state index >= 15 is 0 Å². The fourth-order valence-corrected chi connectivity index (χ4v) is 0.854. The normalized spacial score (nSPS) is 7.61. The van der Waals surface area contributed by atoms with Gasteiger partial charge in [0.2, 0.25) is 0 Å². The van der Waals surface area contributed by atoms with Crippen molar-refractivity contribution in [2.75, 3.05) is 0 Å². The molecule has 2 rings (SSSR count). The standard InChI is InChI=1S/2C5H5.C4H6O3.V/c2*1-2-4-5-3-1;1-3(5)2-4(6)7;/h2*1-5H;2H2,1H3,(H,6,7);/q-5;-1;;. The molecule has 3 nitrogen and oxygen atoms in total. The number of ketones is 1. The third-order valence-electron chi connectivity index (χ3n) is 1.51. The van der Waals surface area contributed by atoms with Gasteiger partial charge in [0.05, 0.1) is 0 Å². The molecule has 0 aromatic heterocycles. The maximum absolute atomic E-state index is 9.87. The number of rotatable bonds is 2. The summed E-state index contributed by atoms with van der Waals surface area (Å²) in [6.45, 7) is 1.24. The van der Waals surface area contributed by atoms with Crippen molar-refractivity contribution in [2.24, 2.45) is 0 Å². The predicted octanol–water partition coefficient (Wildman–Crippen LogP) is 2.86. The van der Waals surface area contributed by atoms with Gasteiger partial charge >= 0.3 is 5.97 Å². The van der Waals surface area contributed by atoms with Gasteiger partial charge in [0, 0.05) is 18.6 Å². The Labute approximate surface area is 119 Å². The summed E-state index contributed by atoms with van der Waals surface area (Å²) in [6.07, 6.45) is -0.361. The first-order valence-electron chi connectivity index (χ1n) is 5.17. The van der Waals surface area contributed by atoms with E-state index in [2.05, 4.69) is 0 Å². The number of Topliss-reactive ketones (excluding diaryl/α,β-unsaturated/α-hetero) is 1. The van der Waals surface area contributed by atoms with E-state index in [1.807, 2.05) is 60.7 Å². The SMILES string of the molecule is CC(=O)CC(=O)O.[V].[cH-]1[cH-][cH-][cH-][cH-]1.c1cc[cH-]c1. The average Bonchev–Trinajstić information content (AvgIpc) is 2.96. The minimum Gasteiger partial charge on any atom is -0.748 e. The van der Waals surface area contributed by atoms with Gasteiger partial charge in [-0.1, -0.05) is 0 Å². The van der Waals surface area contributed by atoms with Gasteiger partial charge in [0.1, 0.15) is 12.2 Å². The predicted molar refractivity (Wildman–Crippen MR) is 67.0 cm³/mol.